The van der Waals surface area contributed by atoms with E-state index in [4.69, 9.17) is 4.74 Å². The number of rotatable bonds is 5. The summed E-state index contributed by atoms with van der Waals surface area (Å²) in [5.74, 6) is -0.599. The van der Waals surface area contributed by atoms with Gasteiger partial charge in [0.25, 0.3) is 0 Å². The van der Waals surface area contributed by atoms with Gasteiger partial charge in [-0.25, -0.2) is 9.59 Å². The molecular formula is C20H23N3O4. The molecule has 2 aliphatic rings. The Labute approximate surface area is 157 Å². The molecule has 2 heterocycles. The molecule has 1 aromatic carbocycles. The van der Waals surface area contributed by atoms with Crippen LogP contribution in [0, 0.1) is 0 Å². The van der Waals surface area contributed by atoms with Gasteiger partial charge in [-0.2, -0.15) is 5.10 Å². The highest BCUT2D eigenvalue weighted by Gasteiger charge is 2.35. The summed E-state index contributed by atoms with van der Waals surface area (Å²) >= 11 is 0. The van der Waals surface area contributed by atoms with E-state index in [2.05, 4.69) is 5.10 Å². The summed E-state index contributed by atoms with van der Waals surface area (Å²) in [6, 6.07) is 9.75. The highest BCUT2D eigenvalue weighted by atomic mass is 16.6. The summed E-state index contributed by atoms with van der Waals surface area (Å²) in [4.78, 5) is 25.5. The number of hydrogen-bond acceptors (Lipinski definition) is 4. The van der Waals surface area contributed by atoms with E-state index in [9.17, 15) is 14.7 Å². The minimum Gasteiger partial charge on any atom is -0.478 e. The number of carbonyl (C=O) groups is 2. The maximum Gasteiger partial charge on any atom is 0.410 e. The number of piperidine rings is 1. The smallest absolute Gasteiger partial charge is 0.410 e. The molecule has 0 radical (unpaired) electrons. The van der Waals surface area contributed by atoms with Gasteiger partial charge in [0.2, 0.25) is 0 Å². The van der Waals surface area contributed by atoms with Gasteiger partial charge in [-0.1, -0.05) is 30.3 Å². The van der Waals surface area contributed by atoms with Crippen LogP contribution in [0.3, 0.4) is 0 Å². The molecule has 0 unspecified atom stereocenters. The van der Waals surface area contributed by atoms with Gasteiger partial charge >= 0.3 is 12.1 Å². The molecule has 1 aliphatic heterocycles. The Balaban J connectivity index is 1.35. The second kappa shape index (κ2) is 7.42. The first-order chi connectivity index (χ1) is 13.1. The standard InChI is InChI=1S/C20H23N3O4/c24-19(25)17-12-21-23(18(17)15-6-7-15)16-8-10-22(11-9-16)20(26)27-13-14-4-2-1-3-5-14/h1-5,12,15-16H,6-11,13H2,(H,24,25). The van der Waals surface area contributed by atoms with Crippen LogP contribution in [0.25, 0.3) is 0 Å². The predicted octanol–water partition coefficient (Wildman–Crippen LogP) is 3.43. The van der Waals surface area contributed by atoms with Gasteiger partial charge in [0.05, 0.1) is 17.9 Å². The number of carboxylic acids is 1. The minimum atomic E-state index is -0.912. The van der Waals surface area contributed by atoms with E-state index < -0.39 is 5.97 Å². The topological polar surface area (TPSA) is 84.7 Å². The van der Waals surface area contributed by atoms with E-state index in [-0.39, 0.29) is 18.7 Å². The minimum absolute atomic E-state index is 0.131. The Morgan fingerprint density at radius 1 is 1.11 bits per heavy atom. The normalized spacial score (nSPS) is 17.7. The first kappa shape index (κ1) is 17.6. The number of hydrogen-bond donors (Lipinski definition) is 1. The Morgan fingerprint density at radius 2 is 1.81 bits per heavy atom. The van der Waals surface area contributed by atoms with Crippen LogP contribution in [0.15, 0.2) is 36.5 Å². The van der Waals surface area contributed by atoms with Crippen molar-refractivity contribution in [2.75, 3.05) is 13.1 Å². The lowest BCUT2D eigenvalue weighted by molar-refractivity contribution is 0.0695. The van der Waals surface area contributed by atoms with E-state index >= 15 is 0 Å². The summed E-state index contributed by atoms with van der Waals surface area (Å²) < 4.78 is 7.30. The molecule has 0 spiro atoms. The Morgan fingerprint density at radius 3 is 2.44 bits per heavy atom. The summed E-state index contributed by atoms with van der Waals surface area (Å²) in [5, 5.41) is 13.8. The molecule has 1 aromatic heterocycles. The molecule has 2 fully saturated rings. The van der Waals surface area contributed by atoms with Gasteiger partial charge < -0.3 is 14.7 Å². The molecule has 4 rings (SSSR count). The SMILES string of the molecule is O=C(O)c1cnn(C2CCN(C(=O)OCc3ccccc3)CC2)c1C1CC1. The molecule has 1 aliphatic carbocycles. The van der Waals surface area contributed by atoms with Crippen molar-refractivity contribution in [3.8, 4) is 0 Å². The van der Waals surface area contributed by atoms with Crippen molar-refractivity contribution in [3.05, 3.63) is 53.3 Å². The highest BCUT2D eigenvalue weighted by Crippen LogP contribution is 2.43. The average molecular weight is 369 g/mol. The van der Waals surface area contributed by atoms with Gasteiger partial charge in [0.15, 0.2) is 0 Å². The first-order valence-corrected chi connectivity index (χ1v) is 9.40. The number of likely N-dealkylation sites (tertiary alicyclic amines) is 1. The van der Waals surface area contributed by atoms with Crippen LogP contribution in [0.4, 0.5) is 4.79 Å². The van der Waals surface area contributed by atoms with Crippen molar-refractivity contribution in [2.24, 2.45) is 0 Å². The molecular weight excluding hydrogens is 346 g/mol. The lowest BCUT2D eigenvalue weighted by Gasteiger charge is -2.32. The van der Waals surface area contributed by atoms with E-state index in [0.29, 0.717) is 24.6 Å². The number of aromatic carboxylic acids is 1. The zero-order chi connectivity index (χ0) is 18.8. The highest BCUT2D eigenvalue weighted by molar-refractivity contribution is 5.89. The maximum absolute atomic E-state index is 12.3. The molecule has 142 valence electrons. The van der Waals surface area contributed by atoms with Crippen LogP contribution in [-0.4, -0.2) is 44.9 Å². The van der Waals surface area contributed by atoms with Gasteiger partial charge in [0, 0.05) is 19.0 Å². The number of aromatic nitrogens is 2. The zero-order valence-corrected chi connectivity index (χ0v) is 15.1. The van der Waals surface area contributed by atoms with Crippen molar-refractivity contribution >= 4 is 12.1 Å². The predicted molar refractivity (Wildman–Crippen MR) is 97.6 cm³/mol. The summed E-state index contributed by atoms with van der Waals surface area (Å²) in [7, 11) is 0. The zero-order valence-electron chi connectivity index (χ0n) is 15.1. The van der Waals surface area contributed by atoms with E-state index in [1.165, 1.54) is 6.20 Å². The summed E-state index contributed by atoms with van der Waals surface area (Å²) in [6.45, 7) is 1.45. The van der Waals surface area contributed by atoms with Crippen molar-refractivity contribution in [1.29, 1.82) is 0 Å². The molecule has 7 heteroatoms. The third-order valence-corrected chi connectivity index (χ3v) is 5.30. The number of ether oxygens (including phenoxy) is 1. The second-order valence-electron chi connectivity index (χ2n) is 7.23. The molecule has 7 nitrogen and oxygen atoms in total. The van der Waals surface area contributed by atoms with Crippen LogP contribution in [0.5, 0.6) is 0 Å². The van der Waals surface area contributed by atoms with E-state index in [1.54, 1.807) is 4.90 Å². The van der Waals surface area contributed by atoms with Gasteiger partial charge in [-0.15, -0.1) is 0 Å². The molecule has 1 saturated heterocycles. The summed E-state index contributed by atoms with van der Waals surface area (Å²) in [5.41, 5.74) is 2.14. The Hall–Kier alpha value is -2.83. The van der Waals surface area contributed by atoms with Crippen LogP contribution >= 0.6 is 0 Å². The van der Waals surface area contributed by atoms with Gasteiger partial charge in [-0.05, 0) is 31.2 Å². The molecule has 1 saturated carbocycles. The van der Waals surface area contributed by atoms with Crippen LogP contribution in [0.1, 0.15) is 59.3 Å². The van der Waals surface area contributed by atoms with Crippen molar-refractivity contribution < 1.29 is 19.4 Å². The van der Waals surface area contributed by atoms with Crippen LogP contribution in [-0.2, 0) is 11.3 Å². The van der Waals surface area contributed by atoms with E-state index in [0.717, 1.165) is 36.9 Å². The molecule has 2 aromatic rings. The lowest BCUT2D eigenvalue weighted by Crippen LogP contribution is -2.39. The Bertz CT molecular complexity index is 821. The molecule has 0 bridgehead atoms. The fourth-order valence-corrected chi connectivity index (χ4v) is 3.69. The lowest BCUT2D eigenvalue weighted by atomic mass is 10.0. The molecule has 27 heavy (non-hydrogen) atoms. The number of carboxylic acid groups (broad SMARTS) is 1. The third-order valence-electron chi connectivity index (χ3n) is 5.30. The average Bonchev–Trinajstić information content (AvgIpc) is 3.44. The number of amides is 1. The fraction of sp³-hybridized carbons (Fsp3) is 0.450. The van der Waals surface area contributed by atoms with E-state index in [1.807, 2.05) is 35.0 Å². The van der Waals surface area contributed by atoms with Crippen LogP contribution in [0.2, 0.25) is 0 Å². The van der Waals surface area contributed by atoms with Crippen molar-refractivity contribution in [3.63, 3.8) is 0 Å². The number of nitrogens with zero attached hydrogens (tertiary/aromatic N) is 3. The van der Waals surface area contributed by atoms with Crippen molar-refractivity contribution in [2.45, 2.75) is 44.2 Å². The Kier molecular flexibility index (Phi) is 4.83. The van der Waals surface area contributed by atoms with Gasteiger partial charge in [-0.3, -0.25) is 4.68 Å². The van der Waals surface area contributed by atoms with Gasteiger partial charge in [0.1, 0.15) is 12.2 Å². The van der Waals surface area contributed by atoms with Crippen LogP contribution < -0.4 is 0 Å². The van der Waals surface area contributed by atoms with Crippen molar-refractivity contribution in [1.82, 2.24) is 14.7 Å². The first-order valence-electron chi connectivity index (χ1n) is 9.40. The monoisotopic (exact) mass is 369 g/mol. The molecule has 1 N–H and O–H groups in total. The third kappa shape index (κ3) is 3.82. The molecule has 0 atom stereocenters. The fourth-order valence-electron chi connectivity index (χ4n) is 3.69. The molecule has 1 amide bonds. The summed E-state index contributed by atoms with van der Waals surface area (Å²) in [6.07, 6.45) is 4.72. The second-order valence-corrected chi connectivity index (χ2v) is 7.23. The maximum atomic E-state index is 12.3. The number of carbonyl (C=O) groups excluding carboxylic acids is 1. The largest absolute Gasteiger partial charge is 0.478 e. The number of benzene rings is 1. The quantitative estimate of drug-likeness (QED) is 0.873.